The molecule has 4 heteroatoms. The molecule has 14 heavy (non-hydrogen) atoms. The van der Waals surface area contributed by atoms with Crippen LogP contribution in [0.4, 0.5) is 0 Å². The van der Waals surface area contributed by atoms with Gasteiger partial charge in [-0.05, 0) is 0 Å². The van der Waals surface area contributed by atoms with Crippen LogP contribution in [-0.2, 0) is 9.57 Å². The highest BCUT2D eigenvalue weighted by Crippen LogP contribution is 2.17. The van der Waals surface area contributed by atoms with Crippen molar-refractivity contribution in [1.29, 1.82) is 0 Å². The predicted molar refractivity (Wildman–Crippen MR) is 50.9 cm³/mol. The Morgan fingerprint density at radius 3 is 2.71 bits per heavy atom. The van der Waals surface area contributed by atoms with Crippen LogP contribution >= 0.6 is 0 Å². The summed E-state index contributed by atoms with van der Waals surface area (Å²) in [5.41, 5.74) is 1.52. The van der Waals surface area contributed by atoms with Crippen LogP contribution in [0.15, 0.2) is 35.5 Å². The molecule has 0 fully saturated rings. The molecule has 0 spiro atoms. The number of aliphatic hydroxyl groups is 1. The third-order valence-corrected chi connectivity index (χ3v) is 2.11. The first-order chi connectivity index (χ1) is 6.83. The van der Waals surface area contributed by atoms with Crippen molar-refractivity contribution in [3.05, 3.63) is 35.9 Å². The molecule has 1 aromatic carbocycles. The molecule has 1 aromatic rings. The average Bonchev–Trinajstić information content (AvgIpc) is 2.61. The van der Waals surface area contributed by atoms with E-state index >= 15 is 0 Å². The van der Waals surface area contributed by atoms with Gasteiger partial charge in [-0.25, -0.2) is 0 Å². The van der Waals surface area contributed by atoms with E-state index in [9.17, 15) is 5.11 Å². The Hall–Kier alpha value is -1.39. The quantitative estimate of drug-likeness (QED) is 0.754. The molecule has 2 unspecified atom stereocenters. The Bertz CT molecular complexity index is 336. The van der Waals surface area contributed by atoms with Crippen molar-refractivity contribution in [1.82, 2.24) is 0 Å². The summed E-state index contributed by atoms with van der Waals surface area (Å²) in [5, 5.41) is 13.1. The molecule has 0 saturated heterocycles. The van der Waals surface area contributed by atoms with Gasteiger partial charge >= 0.3 is 0 Å². The van der Waals surface area contributed by atoms with Crippen LogP contribution in [0.25, 0.3) is 0 Å². The lowest BCUT2D eigenvalue weighted by Crippen LogP contribution is -2.31. The van der Waals surface area contributed by atoms with Crippen molar-refractivity contribution in [2.45, 2.75) is 12.4 Å². The second kappa shape index (κ2) is 3.77. The molecule has 0 saturated carbocycles. The van der Waals surface area contributed by atoms with Crippen molar-refractivity contribution in [3.63, 3.8) is 0 Å². The van der Waals surface area contributed by atoms with Crippen molar-refractivity contribution < 1.29 is 14.7 Å². The zero-order valence-electron chi connectivity index (χ0n) is 7.75. The van der Waals surface area contributed by atoms with Crippen LogP contribution in [0.1, 0.15) is 5.56 Å². The number of rotatable bonds is 2. The molecule has 0 aliphatic carbocycles. The molecule has 4 nitrogen and oxygen atoms in total. The van der Waals surface area contributed by atoms with Gasteiger partial charge in [-0.3, -0.25) is 0 Å². The van der Waals surface area contributed by atoms with Gasteiger partial charge in [0.25, 0.3) is 6.29 Å². The predicted octanol–water partition coefficient (Wildman–Crippen LogP) is 0.754. The summed E-state index contributed by atoms with van der Waals surface area (Å²) in [6.45, 7) is 0. The van der Waals surface area contributed by atoms with Crippen molar-refractivity contribution >= 4 is 5.71 Å². The number of aliphatic hydroxyl groups excluding tert-OH is 1. The number of oxime groups is 1. The summed E-state index contributed by atoms with van der Waals surface area (Å²) in [5.74, 6) is 0. The fourth-order valence-corrected chi connectivity index (χ4v) is 1.41. The van der Waals surface area contributed by atoms with Gasteiger partial charge in [-0.1, -0.05) is 35.5 Å². The minimum atomic E-state index is -1.00. The van der Waals surface area contributed by atoms with Gasteiger partial charge in [0.1, 0.15) is 5.71 Å². The summed E-state index contributed by atoms with van der Waals surface area (Å²) in [6, 6.07) is 9.50. The fourth-order valence-electron chi connectivity index (χ4n) is 1.41. The molecular weight excluding hydrogens is 182 g/mol. The first-order valence-electron chi connectivity index (χ1n) is 4.33. The first kappa shape index (κ1) is 9.18. The molecule has 0 bridgehead atoms. The van der Waals surface area contributed by atoms with E-state index in [1.165, 1.54) is 7.11 Å². The minimum Gasteiger partial charge on any atom is -0.368 e. The van der Waals surface area contributed by atoms with Gasteiger partial charge in [-0.15, -0.1) is 0 Å². The Balaban J connectivity index is 2.28. The summed E-state index contributed by atoms with van der Waals surface area (Å²) < 4.78 is 5.08. The first-order valence-corrected chi connectivity index (χ1v) is 4.33. The zero-order valence-corrected chi connectivity index (χ0v) is 7.75. The Morgan fingerprint density at radius 1 is 1.36 bits per heavy atom. The number of ether oxygens (including phenoxy) is 1. The fraction of sp³-hybridized carbons (Fsp3) is 0.300. The van der Waals surface area contributed by atoms with Crippen LogP contribution in [0, 0.1) is 0 Å². The summed E-state index contributed by atoms with van der Waals surface area (Å²) in [6.07, 6.45) is -1.51. The third-order valence-electron chi connectivity index (χ3n) is 2.11. The molecule has 2 atom stereocenters. The van der Waals surface area contributed by atoms with Crippen molar-refractivity contribution in [2.24, 2.45) is 5.16 Å². The highest BCUT2D eigenvalue weighted by Gasteiger charge is 2.33. The molecule has 1 aliphatic heterocycles. The molecule has 1 N–H and O–H groups in total. The molecule has 1 heterocycles. The normalized spacial score (nSPS) is 25.7. The standard InChI is InChI=1S/C10H11NO3/c1-13-9-8(11-14-10(9)12)7-5-3-2-4-6-7/h2-6,9-10,12H,1H3. The van der Waals surface area contributed by atoms with Gasteiger partial charge in [0, 0.05) is 12.7 Å². The lowest BCUT2D eigenvalue weighted by Gasteiger charge is -2.11. The van der Waals surface area contributed by atoms with E-state index in [1.54, 1.807) is 0 Å². The number of benzene rings is 1. The van der Waals surface area contributed by atoms with E-state index in [0.29, 0.717) is 5.71 Å². The monoisotopic (exact) mass is 193 g/mol. The molecule has 0 amide bonds. The van der Waals surface area contributed by atoms with Crippen molar-refractivity contribution in [3.8, 4) is 0 Å². The topological polar surface area (TPSA) is 51.0 Å². The van der Waals surface area contributed by atoms with Crippen LogP contribution in [-0.4, -0.2) is 30.3 Å². The second-order valence-corrected chi connectivity index (χ2v) is 2.99. The average molecular weight is 193 g/mol. The van der Waals surface area contributed by atoms with Crippen LogP contribution in [0.2, 0.25) is 0 Å². The molecule has 1 aliphatic rings. The van der Waals surface area contributed by atoms with E-state index in [2.05, 4.69) is 5.16 Å². The van der Waals surface area contributed by atoms with Gasteiger partial charge in [0.2, 0.25) is 0 Å². The highest BCUT2D eigenvalue weighted by atomic mass is 16.7. The summed E-state index contributed by atoms with van der Waals surface area (Å²) in [7, 11) is 1.51. The largest absolute Gasteiger partial charge is 0.368 e. The maximum Gasteiger partial charge on any atom is 0.256 e. The smallest absolute Gasteiger partial charge is 0.256 e. The van der Waals surface area contributed by atoms with Gasteiger partial charge < -0.3 is 14.7 Å². The Kier molecular flexibility index (Phi) is 2.47. The molecule has 74 valence electrons. The Labute approximate surface area is 81.8 Å². The number of methoxy groups -OCH3 is 1. The Morgan fingerprint density at radius 2 is 2.07 bits per heavy atom. The molecule has 0 aromatic heterocycles. The second-order valence-electron chi connectivity index (χ2n) is 2.99. The number of nitrogens with zero attached hydrogens (tertiary/aromatic N) is 1. The van der Waals surface area contributed by atoms with E-state index in [1.807, 2.05) is 30.3 Å². The highest BCUT2D eigenvalue weighted by molar-refractivity contribution is 6.04. The zero-order chi connectivity index (χ0) is 9.97. The van der Waals surface area contributed by atoms with E-state index in [-0.39, 0.29) is 0 Å². The number of hydrogen-bond acceptors (Lipinski definition) is 4. The van der Waals surface area contributed by atoms with Gasteiger partial charge in [0.15, 0.2) is 6.10 Å². The van der Waals surface area contributed by atoms with E-state index in [0.717, 1.165) is 5.56 Å². The van der Waals surface area contributed by atoms with Gasteiger partial charge in [-0.2, -0.15) is 0 Å². The van der Waals surface area contributed by atoms with E-state index < -0.39 is 12.4 Å². The maximum absolute atomic E-state index is 9.36. The molecule has 2 rings (SSSR count). The SMILES string of the molecule is COC1C(c2ccccc2)=NOC1O. The maximum atomic E-state index is 9.36. The molecule has 0 radical (unpaired) electrons. The lowest BCUT2D eigenvalue weighted by molar-refractivity contribution is -0.129. The molecular formula is C10H11NO3. The lowest BCUT2D eigenvalue weighted by atomic mass is 10.1. The van der Waals surface area contributed by atoms with Crippen LogP contribution in [0.3, 0.4) is 0 Å². The van der Waals surface area contributed by atoms with Crippen LogP contribution < -0.4 is 0 Å². The minimum absolute atomic E-state index is 0.502. The number of hydrogen-bond donors (Lipinski definition) is 1. The van der Waals surface area contributed by atoms with E-state index in [4.69, 9.17) is 9.57 Å². The summed E-state index contributed by atoms with van der Waals surface area (Å²) >= 11 is 0. The van der Waals surface area contributed by atoms with Crippen molar-refractivity contribution in [2.75, 3.05) is 7.11 Å². The summed E-state index contributed by atoms with van der Waals surface area (Å²) in [4.78, 5) is 4.74. The van der Waals surface area contributed by atoms with Gasteiger partial charge in [0.05, 0.1) is 0 Å². The van der Waals surface area contributed by atoms with Crippen LogP contribution in [0.5, 0.6) is 0 Å². The third kappa shape index (κ3) is 1.49.